The van der Waals surface area contributed by atoms with Gasteiger partial charge in [0.05, 0.1) is 13.2 Å². The number of hydrogen-bond donors (Lipinski definition) is 1. The summed E-state index contributed by atoms with van der Waals surface area (Å²) in [6.07, 6.45) is 4.66. The maximum atomic E-state index is 12.5. The summed E-state index contributed by atoms with van der Waals surface area (Å²) in [5.41, 5.74) is 2.24. The summed E-state index contributed by atoms with van der Waals surface area (Å²) in [5.74, 6) is 0.156. The maximum absolute atomic E-state index is 12.5. The van der Waals surface area contributed by atoms with Crippen molar-refractivity contribution in [3.63, 3.8) is 0 Å². The standard InChI is InChI=1S/C33H31NO8/c1-21-6-3-4-7-24(21)20-40-28-13-9-22(16-30(28)38-2)10-14-31(35)41-25-12-11-23-17-27(33(37)42-29(23)18-25)32(36)34-19-26-8-5-15-39-26/h3-4,6-7,9-14,16-18,26H,5,8,15,19-20H2,1-2H3,(H,34,36)/b14-10+. The Morgan fingerprint density at radius 1 is 1.05 bits per heavy atom. The first-order chi connectivity index (χ1) is 20.4. The molecule has 0 bridgehead atoms. The minimum absolute atomic E-state index is 0.0440. The lowest BCUT2D eigenvalue weighted by atomic mass is 10.1. The molecule has 1 amide bonds. The van der Waals surface area contributed by atoms with E-state index in [9.17, 15) is 14.4 Å². The van der Waals surface area contributed by atoms with Crippen LogP contribution in [0.15, 0.2) is 82.0 Å². The highest BCUT2D eigenvalue weighted by molar-refractivity contribution is 5.97. The Kier molecular flexibility index (Phi) is 8.99. The monoisotopic (exact) mass is 569 g/mol. The number of rotatable bonds is 10. The third kappa shape index (κ3) is 7.05. The SMILES string of the molecule is COc1cc(/C=C/C(=O)Oc2ccc3cc(C(=O)NCC4CCCO4)c(=O)oc3c2)ccc1OCc1ccccc1C. The molecule has 0 spiro atoms. The molecule has 42 heavy (non-hydrogen) atoms. The minimum atomic E-state index is -0.781. The Balaban J connectivity index is 1.21. The van der Waals surface area contributed by atoms with Crippen LogP contribution in [0, 0.1) is 6.92 Å². The first-order valence-corrected chi connectivity index (χ1v) is 13.6. The minimum Gasteiger partial charge on any atom is -0.493 e. The van der Waals surface area contributed by atoms with Crippen LogP contribution in [-0.4, -0.2) is 38.2 Å². The highest BCUT2D eigenvalue weighted by atomic mass is 16.5. The number of carbonyl (C=O) groups excluding carboxylic acids is 2. The fourth-order valence-electron chi connectivity index (χ4n) is 4.57. The molecule has 1 aliphatic rings. The van der Waals surface area contributed by atoms with Gasteiger partial charge in [0.1, 0.15) is 23.5 Å². The Morgan fingerprint density at radius 2 is 1.90 bits per heavy atom. The van der Waals surface area contributed by atoms with E-state index in [0.717, 1.165) is 24.0 Å². The second-order valence-corrected chi connectivity index (χ2v) is 9.87. The zero-order valence-corrected chi connectivity index (χ0v) is 23.4. The van der Waals surface area contributed by atoms with Gasteiger partial charge < -0.3 is 28.7 Å². The molecule has 216 valence electrons. The summed E-state index contributed by atoms with van der Waals surface area (Å²) in [6.45, 7) is 3.44. The Hall–Kier alpha value is -4.89. The van der Waals surface area contributed by atoms with Crippen molar-refractivity contribution < 1.29 is 33.0 Å². The number of fused-ring (bicyclic) bond motifs is 1. The molecule has 9 heteroatoms. The average molecular weight is 570 g/mol. The van der Waals surface area contributed by atoms with E-state index in [4.69, 9.17) is 23.4 Å². The van der Waals surface area contributed by atoms with Crippen LogP contribution < -0.4 is 25.2 Å². The van der Waals surface area contributed by atoms with Gasteiger partial charge in [-0.15, -0.1) is 0 Å². The molecule has 3 aromatic carbocycles. The largest absolute Gasteiger partial charge is 0.493 e. The van der Waals surface area contributed by atoms with Crippen molar-refractivity contribution in [1.82, 2.24) is 5.32 Å². The summed E-state index contributed by atoms with van der Waals surface area (Å²) < 4.78 is 27.7. The lowest BCUT2D eigenvalue weighted by Gasteiger charge is -2.12. The van der Waals surface area contributed by atoms with Crippen molar-refractivity contribution in [2.24, 2.45) is 0 Å². The molecular weight excluding hydrogens is 538 g/mol. The number of methoxy groups -OCH3 is 1. The van der Waals surface area contributed by atoms with Crippen molar-refractivity contribution >= 4 is 28.9 Å². The predicted molar refractivity (Wildman–Crippen MR) is 157 cm³/mol. The second kappa shape index (κ2) is 13.2. The third-order valence-electron chi connectivity index (χ3n) is 6.93. The van der Waals surface area contributed by atoms with Crippen LogP contribution in [0.5, 0.6) is 17.2 Å². The van der Waals surface area contributed by atoms with Gasteiger partial charge in [0.15, 0.2) is 11.5 Å². The summed E-state index contributed by atoms with van der Waals surface area (Å²) in [7, 11) is 1.55. The fourth-order valence-corrected chi connectivity index (χ4v) is 4.57. The molecule has 2 heterocycles. The molecule has 0 saturated carbocycles. The first kappa shape index (κ1) is 28.6. The van der Waals surface area contributed by atoms with Crippen LogP contribution in [0.4, 0.5) is 0 Å². The molecule has 0 radical (unpaired) electrons. The van der Waals surface area contributed by atoms with Gasteiger partial charge in [0, 0.05) is 30.7 Å². The lowest BCUT2D eigenvalue weighted by molar-refractivity contribution is -0.128. The Bertz CT molecular complexity index is 1680. The van der Waals surface area contributed by atoms with Gasteiger partial charge in [-0.05, 0) is 72.9 Å². The van der Waals surface area contributed by atoms with Gasteiger partial charge in [-0.3, -0.25) is 4.79 Å². The molecule has 1 fully saturated rings. The Labute approximate surface area is 242 Å². The van der Waals surface area contributed by atoms with Gasteiger partial charge >= 0.3 is 11.6 Å². The van der Waals surface area contributed by atoms with E-state index in [1.165, 1.54) is 18.2 Å². The molecule has 4 aromatic rings. The number of benzene rings is 3. The summed E-state index contributed by atoms with van der Waals surface area (Å²) >= 11 is 0. The quantitative estimate of drug-likeness (QED) is 0.120. The first-order valence-electron chi connectivity index (χ1n) is 13.6. The maximum Gasteiger partial charge on any atom is 0.349 e. The summed E-state index contributed by atoms with van der Waals surface area (Å²) in [4.78, 5) is 37.5. The highest BCUT2D eigenvalue weighted by Gasteiger charge is 2.19. The molecule has 0 aliphatic carbocycles. The number of nitrogens with one attached hydrogen (secondary N) is 1. The van der Waals surface area contributed by atoms with Gasteiger partial charge in [0.25, 0.3) is 5.91 Å². The van der Waals surface area contributed by atoms with Crippen molar-refractivity contribution in [2.45, 2.75) is 32.5 Å². The zero-order chi connectivity index (χ0) is 29.5. The number of hydrogen-bond acceptors (Lipinski definition) is 8. The Morgan fingerprint density at radius 3 is 2.69 bits per heavy atom. The van der Waals surface area contributed by atoms with E-state index in [2.05, 4.69) is 5.32 Å². The van der Waals surface area contributed by atoms with Gasteiger partial charge in [-0.25, -0.2) is 9.59 Å². The molecular formula is C33H31NO8. The van der Waals surface area contributed by atoms with Gasteiger partial charge in [-0.1, -0.05) is 30.3 Å². The normalized spacial score (nSPS) is 14.7. The fraction of sp³-hybridized carbons (Fsp3) is 0.242. The molecule has 1 aromatic heterocycles. The van der Waals surface area contributed by atoms with E-state index >= 15 is 0 Å². The topological polar surface area (TPSA) is 113 Å². The van der Waals surface area contributed by atoms with Crippen LogP contribution in [0.1, 0.15) is 39.9 Å². The number of amides is 1. The van der Waals surface area contributed by atoms with Gasteiger partial charge in [0.2, 0.25) is 0 Å². The van der Waals surface area contributed by atoms with Crippen LogP contribution in [0.2, 0.25) is 0 Å². The van der Waals surface area contributed by atoms with Crippen LogP contribution in [0.3, 0.4) is 0 Å². The van der Waals surface area contributed by atoms with E-state index in [1.54, 1.807) is 43.5 Å². The van der Waals surface area contributed by atoms with E-state index in [-0.39, 0.29) is 23.0 Å². The van der Waals surface area contributed by atoms with Crippen molar-refractivity contribution in [3.05, 3.63) is 105 Å². The molecule has 5 rings (SSSR count). The van der Waals surface area contributed by atoms with E-state index in [0.29, 0.717) is 42.2 Å². The molecule has 1 aliphatic heterocycles. The van der Waals surface area contributed by atoms with E-state index in [1.807, 2.05) is 31.2 Å². The number of ether oxygens (including phenoxy) is 4. The predicted octanol–water partition coefficient (Wildman–Crippen LogP) is 5.22. The summed E-state index contributed by atoms with van der Waals surface area (Å²) in [6, 6.07) is 19.4. The molecule has 1 N–H and O–H groups in total. The highest BCUT2D eigenvalue weighted by Crippen LogP contribution is 2.30. The van der Waals surface area contributed by atoms with Crippen molar-refractivity contribution in [1.29, 1.82) is 0 Å². The average Bonchev–Trinajstić information content (AvgIpc) is 3.52. The number of aryl methyl sites for hydroxylation is 1. The zero-order valence-electron chi connectivity index (χ0n) is 23.4. The molecule has 1 saturated heterocycles. The van der Waals surface area contributed by atoms with Gasteiger partial charge in [-0.2, -0.15) is 0 Å². The number of carbonyl (C=O) groups is 2. The molecule has 1 atom stereocenters. The van der Waals surface area contributed by atoms with Crippen LogP contribution in [-0.2, 0) is 16.1 Å². The van der Waals surface area contributed by atoms with Crippen LogP contribution >= 0.6 is 0 Å². The van der Waals surface area contributed by atoms with Crippen molar-refractivity contribution in [3.8, 4) is 17.2 Å². The molecule has 1 unspecified atom stereocenters. The third-order valence-corrected chi connectivity index (χ3v) is 6.93. The van der Waals surface area contributed by atoms with Crippen LogP contribution in [0.25, 0.3) is 17.0 Å². The smallest absolute Gasteiger partial charge is 0.349 e. The molecule has 9 nitrogen and oxygen atoms in total. The van der Waals surface area contributed by atoms with E-state index < -0.39 is 17.5 Å². The lowest BCUT2D eigenvalue weighted by Crippen LogP contribution is -2.34. The second-order valence-electron chi connectivity index (χ2n) is 9.87. The summed E-state index contributed by atoms with van der Waals surface area (Å²) in [5, 5.41) is 3.24. The number of esters is 1. The van der Waals surface area contributed by atoms with Crippen molar-refractivity contribution in [2.75, 3.05) is 20.3 Å².